The molecule has 0 saturated carbocycles. The number of aromatic nitrogens is 2. The Bertz CT molecular complexity index is 677. The van der Waals surface area contributed by atoms with E-state index in [9.17, 15) is 9.59 Å². The number of rotatable bonds is 5. The Balaban J connectivity index is 1.97. The van der Waals surface area contributed by atoms with Crippen molar-refractivity contribution in [3.05, 3.63) is 51.7 Å². The molecule has 0 saturated heterocycles. The minimum atomic E-state index is -1.03. The van der Waals surface area contributed by atoms with Gasteiger partial charge in [-0.25, -0.2) is 9.78 Å². The summed E-state index contributed by atoms with van der Waals surface area (Å²) in [5.41, 5.74) is 3.54. The lowest BCUT2D eigenvalue weighted by Crippen LogP contribution is -2.23. The van der Waals surface area contributed by atoms with E-state index >= 15 is 0 Å². The Morgan fingerprint density at radius 1 is 1.38 bits per heavy atom. The van der Waals surface area contributed by atoms with Gasteiger partial charge in [-0.2, -0.15) is 0 Å². The summed E-state index contributed by atoms with van der Waals surface area (Å²) in [6, 6.07) is 3.19. The van der Waals surface area contributed by atoms with Gasteiger partial charge in [0, 0.05) is 17.2 Å². The van der Waals surface area contributed by atoms with Gasteiger partial charge in [0.1, 0.15) is 5.69 Å². The minimum Gasteiger partial charge on any atom is -0.478 e. The maximum absolute atomic E-state index is 11.9. The second-order valence-corrected chi connectivity index (χ2v) is 5.13. The molecule has 2 aromatic heterocycles. The first-order chi connectivity index (χ1) is 10.1. The summed E-state index contributed by atoms with van der Waals surface area (Å²) in [5.74, 6) is -1.31. The summed E-state index contributed by atoms with van der Waals surface area (Å²) in [6.07, 6.45) is 3.88. The van der Waals surface area contributed by atoms with Gasteiger partial charge in [0.25, 0.3) is 5.91 Å². The molecule has 0 spiro atoms. The topological polar surface area (TPSA) is 92.2 Å². The van der Waals surface area contributed by atoms with Gasteiger partial charge in [-0.3, -0.25) is 9.78 Å². The fraction of sp³-hybridized carbons (Fsp3) is 0.143. The molecule has 2 rings (SSSR count). The van der Waals surface area contributed by atoms with Crippen LogP contribution in [0.15, 0.2) is 29.9 Å². The van der Waals surface area contributed by atoms with Crippen molar-refractivity contribution >= 4 is 29.3 Å². The predicted molar refractivity (Wildman–Crippen MR) is 78.9 cm³/mol. The van der Waals surface area contributed by atoms with Crippen molar-refractivity contribution in [2.45, 2.75) is 13.5 Å². The number of carbonyl (C=O) groups is 2. The van der Waals surface area contributed by atoms with Gasteiger partial charge in [-0.05, 0) is 24.6 Å². The van der Waals surface area contributed by atoms with Crippen LogP contribution in [0, 0.1) is 6.92 Å². The van der Waals surface area contributed by atoms with Crippen LogP contribution in [-0.2, 0) is 11.3 Å². The maximum atomic E-state index is 11.9. The van der Waals surface area contributed by atoms with Crippen molar-refractivity contribution in [1.82, 2.24) is 15.3 Å². The quantitative estimate of drug-likeness (QED) is 0.823. The van der Waals surface area contributed by atoms with Gasteiger partial charge < -0.3 is 10.4 Å². The highest BCUT2D eigenvalue weighted by Gasteiger charge is 2.08. The second-order valence-electron chi connectivity index (χ2n) is 4.19. The molecule has 0 aliphatic carbocycles. The zero-order valence-corrected chi connectivity index (χ0v) is 12.1. The van der Waals surface area contributed by atoms with E-state index < -0.39 is 5.97 Å². The molecule has 0 fully saturated rings. The molecule has 7 heteroatoms. The fourth-order valence-electron chi connectivity index (χ4n) is 1.55. The van der Waals surface area contributed by atoms with E-state index in [1.54, 1.807) is 17.6 Å². The van der Waals surface area contributed by atoms with Crippen LogP contribution in [0.1, 0.15) is 26.6 Å². The predicted octanol–water partition coefficient (Wildman–Crippen LogP) is 1.87. The van der Waals surface area contributed by atoms with Crippen molar-refractivity contribution in [2.24, 2.45) is 0 Å². The number of carbonyl (C=O) groups excluding carboxylic acids is 1. The van der Waals surface area contributed by atoms with E-state index in [2.05, 4.69) is 15.3 Å². The smallest absolute Gasteiger partial charge is 0.328 e. The van der Waals surface area contributed by atoms with Gasteiger partial charge in [-0.15, -0.1) is 11.3 Å². The SMILES string of the molecule is Cc1ncsc1CNC(=O)c1ccc(C=CC(=O)O)cn1. The average Bonchev–Trinajstić information content (AvgIpc) is 2.88. The van der Waals surface area contributed by atoms with Crippen LogP contribution in [0.3, 0.4) is 0 Å². The molecule has 0 aliphatic rings. The van der Waals surface area contributed by atoms with Crippen LogP contribution in [0.2, 0.25) is 0 Å². The number of carboxylic acid groups (broad SMARTS) is 1. The Hall–Kier alpha value is -2.54. The van der Waals surface area contributed by atoms with E-state index in [1.165, 1.54) is 23.6 Å². The summed E-state index contributed by atoms with van der Waals surface area (Å²) in [6.45, 7) is 2.30. The number of nitrogens with one attached hydrogen (secondary N) is 1. The number of pyridine rings is 1. The lowest BCUT2D eigenvalue weighted by molar-refractivity contribution is -0.131. The van der Waals surface area contributed by atoms with Crippen LogP contribution >= 0.6 is 11.3 Å². The van der Waals surface area contributed by atoms with Crippen LogP contribution in [0.5, 0.6) is 0 Å². The first-order valence-electron chi connectivity index (χ1n) is 6.10. The lowest BCUT2D eigenvalue weighted by atomic mass is 10.2. The minimum absolute atomic E-state index is 0.281. The Kier molecular flexibility index (Phi) is 4.78. The Labute approximate surface area is 125 Å². The Morgan fingerprint density at radius 2 is 2.19 bits per heavy atom. The summed E-state index contributed by atoms with van der Waals surface area (Å²) in [5, 5.41) is 11.3. The van der Waals surface area contributed by atoms with E-state index in [0.717, 1.165) is 16.6 Å². The molecule has 6 nitrogen and oxygen atoms in total. The zero-order valence-electron chi connectivity index (χ0n) is 11.2. The molecule has 108 valence electrons. The number of hydrogen-bond acceptors (Lipinski definition) is 5. The van der Waals surface area contributed by atoms with Crippen molar-refractivity contribution in [1.29, 1.82) is 0 Å². The molecule has 21 heavy (non-hydrogen) atoms. The molecule has 2 heterocycles. The zero-order chi connectivity index (χ0) is 15.2. The third kappa shape index (κ3) is 4.22. The van der Waals surface area contributed by atoms with E-state index in [4.69, 9.17) is 5.11 Å². The molecule has 0 aromatic carbocycles. The van der Waals surface area contributed by atoms with Crippen LogP contribution in [0.4, 0.5) is 0 Å². The molecule has 2 aromatic rings. The monoisotopic (exact) mass is 303 g/mol. The van der Waals surface area contributed by atoms with Gasteiger partial charge in [0.15, 0.2) is 0 Å². The van der Waals surface area contributed by atoms with E-state index in [1.807, 2.05) is 6.92 Å². The highest BCUT2D eigenvalue weighted by atomic mass is 32.1. The van der Waals surface area contributed by atoms with E-state index in [0.29, 0.717) is 12.1 Å². The molecule has 0 unspecified atom stereocenters. The van der Waals surface area contributed by atoms with Gasteiger partial charge in [0.2, 0.25) is 0 Å². The van der Waals surface area contributed by atoms with Crippen LogP contribution in [0.25, 0.3) is 6.08 Å². The standard InChI is InChI=1S/C14H13N3O3S/c1-9-12(21-8-17-9)7-16-14(20)11-4-2-10(6-15-11)3-5-13(18)19/h2-6,8H,7H2,1H3,(H,16,20)(H,18,19). The van der Waals surface area contributed by atoms with Crippen molar-refractivity contribution in [3.8, 4) is 0 Å². The third-order valence-corrected chi connectivity index (χ3v) is 3.63. The van der Waals surface area contributed by atoms with Crippen molar-refractivity contribution < 1.29 is 14.7 Å². The number of amides is 1. The largest absolute Gasteiger partial charge is 0.478 e. The van der Waals surface area contributed by atoms with Crippen LogP contribution in [-0.4, -0.2) is 27.0 Å². The number of aryl methyl sites for hydroxylation is 1. The average molecular weight is 303 g/mol. The number of hydrogen-bond donors (Lipinski definition) is 2. The maximum Gasteiger partial charge on any atom is 0.328 e. The third-order valence-electron chi connectivity index (χ3n) is 2.69. The molecule has 1 amide bonds. The van der Waals surface area contributed by atoms with Gasteiger partial charge >= 0.3 is 5.97 Å². The van der Waals surface area contributed by atoms with Crippen LogP contribution < -0.4 is 5.32 Å². The summed E-state index contributed by atoms with van der Waals surface area (Å²) in [7, 11) is 0. The lowest BCUT2D eigenvalue weighted by Gasteiger charge is -2.03. The van der Waals surface area contributed by atoms with Gasteiger partial charge in [-0.1, -0.05) is 6.07 Å². The summed E-state index contributed by atoms with van der Waals surface area (Å²) in [4.78, 5) is 31.4. The highest BCUT2D eigenvalue weighted by Crippen LogP contribution is 2.11. The first kappa shape index (κ1) is 14.9. The summed E-state index contributed by atoms with van der Waals surface area (Å²) < 4.78 is 0. The summed E-state index contributed by atoms with van der Waals surface area (Å²) >= 11 is 1.49. The molecule has 0 bridgehead atoms. The number of carboxylic acids is 1. The molecular weight excluding hydrogens is 290 g/mol. The van der Waals surface area contributed by atoms with Gasteiger partial charge in [0.05, 0.1) is 17.7 Å². The number of thiazole rings is 1. The molecule has 0 atom stereocenters. The normalized spacial score (nSPS) is 10.7. The van der Waals surface area contributed by atoms with Crippen molar-refractivity contribution in [3.63, 3.8) is 0 Å². The molecule has 0 aliphatic heterocycles. The van der Waals surface area contributed by atoms with Crippen molar-refractivity contribution in [2.75, 3.05) is 0 Å². The molecule has 2 N–H and O–H groups in total. The van der Waals surface area contributed by atoms with E-state index in [-0.39, 0.29) is 11.6 Å². The number of nitrogens with zero attached hydrogens (tertiary/aromatic N) is 2. The number of aliphatic carboxylic acids is 1. The molecule has 0 radical (unpaired) electrons. The first-order valence-corrected chi connectivity index (χ1v) is 6.98. The highest BCUT2D eigenvalue weighted by molar-refractivity contribution is 7.09. The fourth-order valence-corrected chi connectivity index (χ4v) is 2.27. The molecular formula is C14H13N3O3S. The second kappa shape index (κ2) is 6.76. The Morgan fingerprint density at radius 3 is 2.76 bits per heavy atom.